The quantitative estimate of drug-likeness (QED) is 0.790. The lowest BCUT2D eigenvalue weighted by molar-refractivity contribution is 0.254. The van der Waals surface area contributed by atoms with Crippen molar-refractivity contribution in [1.82, 2.24) is 0 Å². The molecule has 0 radical (unpaired) electrons. The average Bonchev–Trinajstić information content (AvgIpc) is 2.72. The van der Waals surface area contributed by atoms with Gasteiger partial charge in [0.1, 0.15) is 17.7 Å². The SMILES string of the molecule is Cc1cc(F)c(-c2ccc3c(c2)CC(C)O3)cc1N. The lowest BCUT2D eigenvalue weighted by atomic mass is 9.99. The third kappa shape index (κ3) is 2.05. The van der Waals surface area contributed by atoms with Gasteiger partial charge in [0.05, 0.1) is 0 Å². The first-order valence-corrected chi connectivity index (χ1v) is 6.40. The van der Waals surface area contributed by atoms with Gasteiger partial charge in [-0.05, 0) is 54.8 Å². The first-order valence-electron chi connectivity index (χ1n) is 6.40. The van der Waals surface area contributed by atoms with Crippen LogP contribution >= 0.6 is 0 Å². The fourth-order valence-corrected chi connectivity index (χ4v) is 2.50. The molecule has 0 amide bonds. The van der Waals surface area contributed by atoms with Crippen molar-refractivity contribution in [2.75, 3.05) is 5.73 Å². The van der Waals surface area contributed by atoms with Crippen LogP contribution in [0.5, 0.6) is 5.75 Å². The van der Waals surface area contributed by atoms with Crippen molar-refractivity contribution in [1.29, 1.82) is 0 Å². The van der Waals surface area contributed by atoms with Crippen LogP contribution in [0.2, 0.25) is 0 Å². The zero-order chi connectivity index (χ0) is 13.6. The van der Waals surface area contributed by atoms with Crippen molar-refractivity contribution in [2.45, 2.75) is 26.4 Å². The molecule has 1 atom stereocenters. The van der Waals surface area contributed by atoms with E-state index >= 15 is 0 Å². The van der Waals surface area contributed by atoms with Gasteiger partial charge in [-0.25, -0.2) is 4.39 Å². The molecule has 0 aliphatic carbocycles. The monoisotopic (exact) mass is 257 g/mol. The molecule has 3 heteroatoms. The highest BCUT2D eigenvalue weighted by atomic mass is 19.1. The maximum absolute atomic E-state index is 14.1. The average molecular weight is 257 g/mol. The maximum Gasteiger partial charge on any atom is 0.131 e. The normalized spacial score (nSPS) is 17.1. The van der Waals surface area contributed by atoms with Gasteiger partial charge in [0.2, 0.25) is 0 Å². The van der Waals surface area contributed by atoms with Crippen molar-refractivity contribution in [3.63, 3.8) is 0 Å². The smallest absolute Gasteiger partial charge is 0.131 e. The van der Waals surface area contributed by atoms with Crippen LogP contribution in [-0.4, -0.2) is 6.10 Å². The summed E-state index contributed by atoms with van der Waals surface area (Å²) in [5.41, 5.74) is 9.77. The molecular formula is C16H16FNO. The molecule has 19 heavy (non-hydrogen) atoms. The number of anilines is 1. The van der Waals surface area contributed by atoms with Crippen LogP contribution in [-0.2, 0) is 6.42 Å². The number of benzene rings is 2. The van der Waals surface area contributed by atoms with Crippen LogP contribution in [0.3, 0.4) is 0 Å². The van der Waals surface area contributed by atoms with Gasteiger partial charge in [0, 0.05) is 17.7 Å². The number of ether oxygens (including phenoxy) is 1. The standard InChI is InChI=1S/C16H16FNO/c1-9-5-14(17)13(8-15(9)18)11-3-4-16-12(7-11)6-10(2)19-16/h3-5,7-8,10H,6,18H2,1-2H3. The third-order valence-electron chi connectivity index (χ3n) is 3.56. The molecule has 3 rings (SSSR count). The second-order valence-electron chi connectivity index (χ2n) is 5.14. The summed E-state index contributed by atoms with van der Waals surface area (Å²) in [7, 11) is 0. The van der Waals surface area contributed by atoms with Crippen molar-refractivity contribution in [3.8, 4) is 16.9 Å². The second-order valence-corrected chi connectivity index (χ2v) is 5.14. The molecule has 1 aliphatic heterocycles. The predicted molar refractivity (Wildman–Crippen MR) is 74.8 cm³/mol. The van der Waals surface area contributed by atoms with E-state index in [1.807, 2.05) is 25.1 Å². The second kappa shape index (κ2) is 4.26. The number of nitrogens with two attached hydrogens (primary N) is 1. The molecule has 0 saturated carbocycles. The van der Waals surface area contributed by atoms with Crippen LogP contribution in [0.1, 0.15) is 18.1 Å². The summed E-state index contributed by atoms with van der Waals surface area (Å²) in [6, 6.07) is 8.96. The highest BCUT2D eigenvalue weighted by Gasteiger charge is 2.20. The first-order chi connectivity index (χ1) is 9.04. The Hall–Kier alpha value is -2.03. The molecule has 2 N–H and O–H groups in total. The van der Waals surface area contributed by atoms with E-state index in [1.54, 1.807) is 13.0 Å². The minimum absolute atomic E-state index is 0.193. The van der Waals surface area contributed by atoms with Gasteiger partial charge >= 0.3 is 0 Å². The highest BCUT2D eigenvalue weighted by Crippen LogP contribution is 2.34. The Morgan fingerprint density at radius 2 is 2.05 bits per heavy atom. The summed E-state index contributed by atoms with van der Waals surface area (Å²) in [6.07, 6.45) is 1.06. The Balaban J connectivity index is 2.09. The Morgan fingerprint density at radius 1 is 1.26 bits per heavy atom. The van der Waals surface area contributed by atoms with Crippen LogP contribution in [0.15, 0.2) is 30.3 Å². The summed E-state index contributed by atoms with van der Waals surface area (Å²) in [4.78, 5) is 0. The fourth-order valence-electron chi connectivity index (χ4n) is 2.50. The van der Waals surface area contributed by atoms with E-state index in [0.29, 0.717) is 11.3 Å². The molecule has 2 nitrogen and oxygen atoms in total. The van der Waals surface area contributed by atoms with Gasteiger partial charge in [0.15, 0.2) is 0 Å². The Morgan fingerprint density at radius 3 is 2.84 bits per heavy atom. The summed E-state index contributed by atoms with van der Waals surface area (Å²) >= 11 is 0. The summed E-state index contributed by atoms with van der Waals surface area (Å²) in [6.45, 7) is 3.84. The molecule has 0 bridgehead atoms. The lowest BCUT2D eigenvalue weighted by Gasteiger charge is -2.09. The summed E-state index contributed by atoms with van der Waals surface area (Å²) in [5, 5.41) is 0. The summed E-state index contributed by atoms with van der Waals surface area (Å²) in [5.74, 6) is 0.662. The third-order valence-corrected chi connectivity index (χ3v) is 3.56. The number of nitrogen functional groups attached to an aromatic ring is 1. The van der Waals surface area contributed by atoms with Crippen molar-refractivity contribution in [2.24, 2.45) is 0 Å². The van der Waals surface area contributed by atoms with E-state index < -0.39 is 0 Å². The molecule has 1 aliphatic rings. The largest absolute Gasteiger partial charge is 0.490 e. The van der Waals surface area contributed by atoms with Gasteiger partial charge in [-0.1, -0.05) is 6.07 Å². The zero-order valence-corrected chi connectivity index (χ0v) is 11.0. The Labute approximate surface area is 112 Å². The Kier molecular flexibility index (Phi) is 2.70. The number of halogens is 1. The van der Waals surface area contributed by atoms with Gasteiger partial charge in [0.25, 0.3) is 0 Å². The van der Waals surface area contributed by atoms with E-state index in [-0.39, 0.29) is 11.9 Å². The zero-order valence-electron chi connectivity index (χ0n) is 11.0. The first kappa shape index (κ1) is 12.0. The van der Waals surface area contributed by atoms with E-state index in [0.717, 1.165) is 28.9 Å². The fraction of sp³-hybridized carbons (Fsp3) is 0.250. The van der Waals surface area contributed by atoms with Crippen molar-refractivity contribution >= 4 is 5.69 Å². The number of aryl methyl sites for hydroxylation is 1. The van der Waals surface area contributed by atoms with Crippen LogP contribution in [0.25, 0.3) is 11.1 Å². The number of hydrogen-bond donors (Lipinski definition) is 1. The molecule has 2 aromatic rings. The molecule has 0 spiro atoms. The molecule has 98 valence electrons. The van der Waals surface area contributed by atoms with E-state index in [9.17, 15) is 4.39 Å². The van der Waals surface area contributed by atoms with Gasteiger partial charge in [-0.15, -0.1) is 0 Å². The minimum Gasteiger partial charge on any atom is -0.490 e. The number of fused-ring (bicyclic) bond motifs is 1. The van der Waals surface area contributed by atoms with Crippen LogP contribution in [0, 0.1) is 12.7 Å². The molecule has 0 fully saturated rings. The van der Waals surface area contributed by atoms with Crippen molar-refractivity contribution in [3.05, 3.63) is 47.3 Å². The van der Waals surface area contributed by atoms with E-state index in [1.165, 1.54) is 6.07 Å². The predicted octanol–water partition coefficient (Wildman–Crippen LogP) is 3.71. The van der Waals surface area contributed by atoms with E-state index in [2.05, 4.69) is 0 Å². The molecule has 0 saturated heterocycles. The molecular weight excluding hydrogens is 241 g/mol. The lowest BCUT2D eigenvalue weighted by Crippen LogP contribution is -2.05. The molecule has 2 aromatic carbocycles. The number of rotatable bonds is 1. The summed E-state index contributed by atoms with van der Waals surface area (Å²) < 4.78 is 19.7. The molecule has 1 heterocycles. The van der Waals surface area contributed by atoms with Gasteiger partial charge in [-0.2, -0.15) is 0 Å². The van der Waals surface area contributed by atoms with Crippen LogP contribution in [0.4, 0.5) is 10.1 Å². The number of hydrogen-bond acceptors (Lipinski definition) is 2. The molecule has 1 unspecified atom stereocenters. The highest BCUT2D eigenvalue weighted by molar-refractivity contribution is 5.71. The Bertz CT molecular complexity index is 651. The van der Waals surface area contributed by atoms with E-state index in [4.69, 9.17) is 10.5 Å². The van der Waals surface area contributed by atoms with Crippen molar-refractivity contribution < 1.29 is 9.13 Å². The van der Waals surface area contributed by atoms with Crippen LogP contribution < -0.4 is 10.5 Å². The van der Waals surface area contributed by atoms with Gasteiger partial charge < -0.3 is 10.5 Å². The maximum atomic E-state index is 14.1. The topological polar surface area (TPSA) is 35.2 Å². The van der Waals surface area contributed by atoms with Gasteiger partial charge in [-0.3, -0.25) is 0 Å². The minimum atomic E-state index is -0.237. The molecule has 0 aromatic heterocycles.